The number of fused-ring (bicyclic) bond motifs is 1. The lowest BCUT2D eigenvalue weighted by molar-refractivity contribution is -0.117. The smallest absolute Gasteiger partial charge is 0.321 e. The zero-order chi connectivity index (χ0) is 16.1. The van der Waals surface area contributed by atoms with Crippen LogP contribution >= 0.6 is 11.8 Å². The second-order valence-corrected chi connectivity index (χ2v) is 6.45. The van der Waals surface area contributed by atoms with Crippen LogP contribution in [0, 0.1) is 0 Å². The van der Waals surface area contributed by atoms with E-state index >= 15 is 0 Å². The number of nitrogens with zero attached hydrogens (tertiary/aromatic N) is 2. The van der Waals surface area contributed by atoms with Gasteiger partial charge in [0.15, 0.2) is 0 Å². The SMILES string of the molecule is O=C(CSc1ncnc2ccccc12)NC(=O)NC1CCCC1. The monoisotopic (exact) mass is 330 g/mol. The quantitative estimate of drug-likeness (QED) is 0.665. The fraction of sp³-hybridized carbons (Fsp3) is 0.375. The van der Waals surface area contributed by atoms with Crippen molar-refractivity contribution < 1.29 is 9.59 Å². The summed E-state index contributed by atoms with van der Waals surface area (Å²) in [5, 5.41) is 6.85. The Morgan fingerprint density at radius 3 is 2.78 bits per heavy atom. The Morgan fingerprint density at radius 1 is 1.17 bits per heavy atom. The highest BCUT2D eigenvalue weighted by molar-refractivity contribution is 8.00. The number of thioether (sulfide) groups is 1. The van der Waals surface area contributed by atoms with Crippen LogP contribution in [0.3, 0.4) is 0 Å². The van der Waals surface area contributed by atoms with Crippen molar-refractivity contribution in [2.24, 2.45) is 0 Å². The van der Waals surface area contributed by atoms with Crippen molar-refractivity contribution in [1.82, 2.24) is 20.6 Å². The van der Waals surface area contributed by atoms with Gasteiger partial charge in [-0.25, -0.2) is 14.8 Å². The van der Waals surface area contributed by atoms with E-state index in [-0.39, 0.29) is 17.7 Å². The summed E-state index contributed by atoms with van der Waals surface area (Å²) in [6, 6.07) is 7.42. The predicted octanol–water partition coefficient (Wildman–Crippen LogP) is 2.49. The second-order valence-electron chi connectivity index (χ2n) is 5.49. The van der Waals surface area contributed by atoms with E-state index in [2.05, 4.69) is 20.6 Å². The number of hydrogen-bond acceptors (Lipinski definition) is 5. The van der Waals surface area contributed by atoms with E-state index in [0.717, 1.165) is 41.6 Å². The lowest BCUT2D eigenvalue weighted by atomic mass is 10.2. The van der Waals surface area contributed by atoms with Gasteiger partial charge in [-0.15, -0.1) is 0 Å². The predicted molar refractivity (Wildman–Crippen MR) is 89.2 cm³/mol. The standard InChI is InChI=1S/C16H18N4O2S/c21-14(20-16(22)19-11-5-1-2-6-11)9-23-15-12-7-3-4-8-13(12)17-10-18-15/h3-4,7-8,10-11H,1-2,5-6,9H2,(H2,19,20,21,22). The molecule has 0 unspecified atom stereocenters. The average molecular weight is 330 g/mol. The number of benzene rings is 1. The molecule has 1 saturated carbocycles. The zero-order valence-electron chi connectivity index (χ0n) is 12.6. The fourth-order valence-corrected chi connectivity index (χ4v) is 3.47. The number of nitrogens with one attached hydrogen (secondary N) is 2. The van der Waals surface area contributed by atoms with Crippen molar-refractivity contribution in [3.63, 3.8) is 0 Å². The van der Waals surface area contributed by atoms with E-state index in [1.54, 1.807) is 0 Å². The Morgan fingerprint density at radius 2 is 1.96 bits per heavy atom. The van der Waals surface area contributed by atoms with Crippen LogP contribution in [0.15, 0.2) is 35.6 Å². The van der Waals surface area contributed by atoms with Crippen LogP contribution in [0.5, 0.6) is 0 Å². The molecule has 1 aliphatic rings. The summed E-state index contributed by atoms with van der Waals surface area (Å²) >= 11 is 1.30. The maximum atomic E-state index is 11.9. The van der Waals surface area contributed by atoms with Gasteiger partial charge in [-0.2, -0.15) is 0 Å². The number of para-hydroxylation sites is 1. The molecular weight excluding hydrogens is 312 g/mol. The van der Waals surface area contributed by atoms with Crippen LogP contribution in [0.25, 0.3) is 10.9 Å². The van der Waals surface area contributed by atoms with Gasteiger partial charge in [0.2, 0.25) is 5.91 Å². The molecule has 0 atom stereocenters. The van der Waals surface area contributed by atoms with E-state index in [4.69, 9.17) is 0 Å². The molecule has 2 aromatic rings. The maximum Gasteiger partial charge on any atom is 0.321 e. The van der Waals surface area contributed by atoms with Crippen molar-refractivity contribution in [2.75, 3.05) is 5.75 Å². The number of amides is 3. The molecule has 0 bridgehead atoms. The van der Waals surface area contributed by atoms with Gasteiger partial charge in [-0.1, -0.05) is 42.8 Å². The van der Waals surface area contributed by atoms with Crippen LogP contribution < -0.4 is 10.6 Å². The summed E-state index contributed by atoms with van der Waals surface area (Å²) in [6.45, 7) is 0. The maximum absolute atomic E-state index is 11.9. The Balaban J connectivity index is 1.52. The van der Waals surface area contributed by atoms with Crippen molar-refractivity contribution in [3.05, 3.63) is 30.6 Å². The van der Waals surface area contributed by atoms with Gasteiger partial charge in [-0.3, -0.25) is 10.1 Å². The lowest BCUT2D eigenvalue weighted by Gasteiger charge is -2.12. The summed E-state index contributed by atoms with van der Waals surface area (Å²) in [5.74, 6) is -0.188. The lowest BCUT2D eigenvalue weighted by Crippen LogP contribution is -2.44. The normalized spacial score (nSPS) is 14.8. The summed E-state index contributed by atoms with van der Waals surface area (Å²) < 4.78 is 0. The van der Waals surface area contributed by atoms with Crippen LogP contribution in [-0.4, -0.2) is 33.7 Å². The first-order chi connectivity index (χ1) is 11.2. The van der Waals surface area contributed by atoms with Gasteiger partial charge < -0.3 is 5.32 Å². The number of carbonyl (C=O) groups excluding carboxylic acids is 2. The number of hydrogen-bond donors (Lipinski definition) is 2. The van der Waals surface area contributed by atoms with Gasteiger partial charge in [0, 0.05) is 11.4 Å². The highest BCUT2D eigenvalue weighted by Crippen LogP contribution is 2.23. The third-order valence-electron chi connectivity index (χ3n) is 3.79. The molecule has 0 saturated heterocycles. The molecule has 2 N–H and O–H groups in total. The molecular formula is C16H18N4O2S. The first-order valence-electron chi connectivity index (χ1n) is 7.65. The van der Waals surface area contributed by atoms with Crippen LogP contribution in [0.4, 0.5) is 4.79 Å². The molecule has 0 spiro atoms. The zero-order valence-corrected chi connectivity index (χ0v) is 13.4. The Hall–Kier alpha value is -2.15. The molecule has 120 valence electrons. The molecule has 6 nitrogen and oxygen atoms in total. The third kappa shape index (κ3) is 4.19. The fourth-order valence-electron chi connectivity index (χ4n) is 2.68. The third-order valence-corrected chi connectivity index (χ3v) is 4.79. The van der Waals surface area contributed by atoms with Crippen molar-refractivity contribution in [1.29, 1.82) is 0 Å². The van der Waals surface area contributed by atoms with Gasteiger partial charge >= 0.3 is 6.03 Å². The van der Waals surface area contributed by atoms with Crippen molar-refractivity contribution in [3.8, 4) is 0 Å². The molecule has 23 heavy (non-hydrogen) atoms. The van der Waals surface area contributed by atoms with E-state index in [9.17, 15) is 9.59 Å². The first kappa shape index (κ1) is 15.7. The van der Waals surface area contributed by atoms with Gasteiger partial charge in [-0.05, 0) is 18.9 Å². The molecule has 1 aliphatic carbocycles. The Kier molecular flexibility index (Phi) is 5.07. The molecule has 1 aromatic carbocycles. The number of carbonyl (C=O) groups is 2. The summed E-state index contributed by atoms with van der Waals surface area (Å²) in [5.41, 5.74) is 0.837. The van der Waals surface area contributed by atoms with Gasteiger partial charge in [0.1, 0.15) is 11.4 Å². The molecule has 1 heterocycles. The number of imide groups is 1. The van der Waals surface area contributed by atoms with Gasteiger partial charge in [0.25, 0.3) is 0 Å². The van der Waals surface area contributed by atoms with E-state index < -0.39 is 6.03 Å². The van der Waals surface area contributed by atoms with Crippen LogP contribution in [0.1, 0.15) is 25.7 Å². The highest BCUT2D eigenvalue weighted by Gasteiger charge is 2.18. The molecule has 1 aromatic heterocycles. The van der Waals surface area contributed by atoms with E-state index in [1.807, 2.05) is 24.3 Å². The summed E-state index contributed by atoms with van der Waals surface area (Å²) in [6.07, 6.45) is 5.73. The Bertz CT molecular complexity index is 711. The topological polar surface area (TPSA) is 84.0 Å². The van der Waals surface area contributed by atoms with Crippen LogP contribution in [-0.2, 0) is 4.79 Å². The summed E-state index contributed by atoms with van der Waals surface area (Å²) in [7, 11) is 0. The minimum atomic E-state index is -0.407. The van der Waals surface area contributed by atoms with Crippen molar-refractivity contribution in [2.45, 2.75) is 36.8 Å². The molecule has 3 rings (SSSR count). The number of aromatic nitrogens is 2. The first-order valence-corrected chi connectivity index (χ1v) is 8.64. The van der Waals surface area contributed by atoms with Crippen molar-refractivity contribution >= 4 is 34.6 Å². The minimum Gasteiger partial charge on any atom is -0.335 e. The molecule has 3 amide bonds. The molecule has 0 radical (unpaired) electrons. The van der Waals surface area contributed by atoms with Crippen LogP contribution in [0.2, 0.25) is 0 Å². The largest absolute Gasteiger partial charge is 0.335 e. The average Bonchev–Trinajstić information content (AvgIpc) is 3.05. The number of rotatable bonds is 4. The molecule has 0 aliphatic heterocycles. The van der Waals surface area contributed by atoms with Gasteiger partial charge in [0.05, 0.1) is 11.3 Å². The molecule has 1 fully saturated rings. The van der Waals surface area contributed by atoms with E-state index in [0.29, 0.717) is 0 Å². The van der Waals surface area contributed by atoms with E-state index in [1.165, 1.54) is 18.1 Å². The molecule has 7 heteroatoms. The summed E-state index contributed by atoms with van der Waals surface area (Å²) in [4.78, 5) is 32.1. The second kappa shape index (κ2) is 7.41. The Labute approximate surface area is 138 Å². The minimum absolute atomic E-state index is 0.138. The highest BCUT2D eigenvalue weighted by atomic mass is 32.2. The number of urea groups is 1.